The number of ether oxygens (including phenoxy) is 2. The molecule has 1 heterocycles. The van der Waals surface area contributed by atoms with Crippen molar-refractivity contribution in [3.8, 4) is 17.2 Å². The molecule has 2 aromatic rings. The minimum Gasteiger partial charge on any atom is -0.497 e. The molecule has 0 atom stereocenters. The Morgan fingerprint density at radius 3 is 1.96 bits per heavy atom. The van der Waals surface area contributed by atoms with E-state index in [4.69, 9.17) is 9.47 Å². The number of carbonyl (C=O) groups excluding carboxylic acids is 1. The third-order valence-electron chi connectivity index (χ3n) is 4.43. The standard InChI is InChI=1S/C20H24N2O3/c1-21-11-13-22(14-12-21)15-20(23)16-3-5-18(6-4-16)25-19-9-7-17(24-2)8-10-19/h3-10H,11-15H2,1-2H3. The average Bonchev–Trinajstić information content (AvgIpc) is 2.65. The van der Waals surface area contributed by atoms with Crippen LogP contribution in [0.5, 0.6) is 17.2 Å². The van der Waals surface area contributed by atoms with Crippen LogP contribution in [0.2, 0.25) is 0 Å². The van der Waals surface area contributed by atoms with Gasteiger partial charge in [-0.15, -0.1) is 0 Å². The van der Waals surface area contributed by atoms with Gasteiger partial charge in [0.1, 0.15) is 17.2 Å². The Morgan fingerprint density at radius 1 is 0.880 bits per heavy atom. The molecule has 132 valence electrons. The summed E-state index contributed by atoms with van der Waals surface area (Å²) in [4.78, 5) is 16.9. The molecular weight excluding hydrogens is 316 g/mol. The number of hydrogen-bond acceptors (Lipinski definition) is 5. The molecule has 0 radical (unpaired) electrons. The first-order chi connectivity index (χ1) is 12.1. The Bertz CT molecular complexity index is 690. The summed E-state index contributed by atoms with van der Waals surface area (Å²) in [5, 5.41) is 0. The minimum absolute atomic E-state index is 0.153. The lowest BCUT2D eigenvalue weighted by Gasteiger charge is -2.31. The topological polar surface area (TPSA) is 42.0 Å². The van der Waals surface area contributed by atoms with Crippen LogP contribution in [0.4, 0.5) is 0 Å². The molecule has 0 spiro atoms. The van der Waals surface area contributed by atoms with Crippen molar-refractivity contribution < 1.29 is 14.3 Å². The summed E-state index contributed by atoms with van der Waals surface area (Å²) in [6.07, 6.45) is 0. The number of carbonyl (C=O) groups is 1. The predicted octanol–water partition coefficient (Wildman–Crippen LogP) is 2.92. The molecule has 0 bridgehead atoms. The maximum absolute atomic E-state index is 12.4. The number of methoxy groups -OCH3 is 1. The first-order valence-corrected chi connectivity index (χ1v) is 8.50. The fourth-order valence-electron chi connectivity index (χ4n) is 2.79. The summed E-state index contributed by atoms with van der Waals surface area (Å²) < 4.78 is 10.9. The third-order valence-corrected chi connectivity index (χ3v) is 4.43. The molecule has 1 aliphatic heterocycles. The van der Waals surface area contributed by atoms with Gasteiger partial charge in [0.05, 0.1) is 13.7 Å². The van der Waals surface area contributed by atoms with Crippen LogP contribution in [0.25, 0.3) is 0 Å². The minimum atomic E-state index is 0.153. The van der Waals surface area contributed by atoms with E-state index in [1.807, 2.05) is 48.5 Å². The van der Waals surface area contributed by atoms with E-state index in [9.17, 15) is 4.79 Å². The smallest absolute Gasteiger partial charge is 0.176 e. The maximum Gasteiger partial charge on any atom is 0.176 e. The molecule has 0 saturated carbocycles. The molecule has 2 aromatic carbocycles. The zero-order chi connectivity index (χ0) is 17.6. The van der Waals surface area contributed by atoms with E-state index in [0.29, 0.717) is 12.3 Å². The Hall–Kier alpha value is -2.37. The molecule has 0 amide bonds. The van der Waals surface area contributed by atoms with Gasteiger partial charge in [0, 0.05) is 31.7 Å². The molecule has 1 saturated heterocycles. The summed E-state index contributed by atoms with van der Waals surface area (Å²) in [5.41, 5.74) is 0.723. The summed E-state index contributed by atoms with van der Waals surface area (Å²) in [6.45, 7) is 4.40. The van der Waals surface area contributed by atoms with Crippen molar-refractivity contribution >= 4 is 5.78 Å². The highest BCUT2D eigenvalue weighted by Gasteiger charge is 2.17. The Labute approximate surface area is 148 Å². The number of ketones is 1. The highest BCUT2D eigenvalue weighted by Crippen LogP contribution is 2.24. The normalized spacial score (nSPS) is 15.8. The summed E-state index contributed by atoms with van der Waals surface area (Å²) in [6, 6.07) is 14.7. The summed E-state index contributed by atoms with van der Waals surface area (Å²) in [5.74, 6) is 2.39. The van der Waals surface area contributed by atoms with Crippen LogP contribution in [0, 0.1) is 0 Å². The molecule has 0 aliphatic carbocycles. The third kappa shape index (κ3) is 4.81. The lowest BCUT2D eigenvalue weighted by atomic mass is 10.1. The number of Topliss-reactive ketones (excluding diaryl/α,β-unsaturated/α-hetero) is 1. The van der Waals surface area contributed by atoms with Gasteiger partial charge in [-0.1, -0.05) is 0 Å². The average molecular weight is 340 g/mol. The van der Waals surface area contributed by atoms with Crippen molar-refractivity contribution in [3.05, 3.63) is 54.1 Å². The van der Waals surface area contributed by atoms with Gasteiger partial charge < -0.3 is 14.4 Å². The van der Waals surface area contributed by atoms with Gasteiger partial charge in [0.15, 0.2) is 5.78 Å². The largest absolute Gasteiger partial charge is 0.497 e. The van der Waals surface area contributed by atoms with Crippen molar-refractivity contribution in [1.29, 1.82) is 0 Å². The number of nitrogens with zero attached hydrogens (tertiary/aromatic N) is 2. The zero-order valence-electron chi connectivity index (χ0n) is 14.8. The van der Waals surface area contributed by atoms with Crippen LogP contribution >= 0.6 is 0 Å². The van der Waals surface area contributed by atoms with E-state index in [2.05, 4.69) is 16.8 Å². The highest BCUT2D eigenvalue weighted by atomic mass is 16.5. The second-order valence-electron chi connectivity index (χ2n) is 6.30. The lowest BCUT2D eigenvalue weighted by molar-refractivity contribution is 0.0876. The highest BCUT2D eigenvalue weighted by molar-refractivity contribution is 5.97. The van der Waals surface area contributed by atoms with Crippen molar-refractivity contribution in [2.45, 2.75) is 0 Å². The molecule has 0 N–H and O–H groups in total. The molecule has 0 unspecified atom stereocenters. The van der Waals surface area contributed by atoms with Crippen molar-refractivity contribution in [1.82, 2.24) is 9.80 Å². The van der Waals surface area contributed by atoms with Gasteiger partial charge >= 0.3 is 0 Å². The van der Waals surface area contributed by atoms with E-state index in [1.54, 1.807) is 7.11 Å². The second kappa shape index (κ2) is 8.14. The Morgan fingerprint density at radius 2 is 1.40 bits per heavy atom. The molecule has 1 aliphatic rings. The molecule has 25 heavy (non-hydrogen) atoms. The molecule has 1 fully saturated rings. The van der Waals surface area contributed by atoms with E-state index >= 15 is 0 Å². The monoisotopic (exact) mass is 340 g/mol. The van der Waals surface area contributed by atoms with Gasteiger partial charge in [0.2, 0.25) is 0 Å². The van der Waals surface area contributed by atoms with Gasteiger partial charge in [-0.05, 0) is 55.6 Å². The van der Waals surface area contributed by atoms with Gasteiger partial charge in [-0.25, -0.2) is 0 Å². The fraction of sp³-hybridized carbons (Fsp3) is 0.350. The van der Waals surface area contributed by atoms with E-state index < -0.39 is 0 Å². The van der Waals surface area contributed by atoms with E-state index in [0.717, 1.165) is 43.2 Å². The van der Waals surface area contributed by atoms with Crippen molar-refractivity contribution in [2.24, 2.45) is 0 Å². The Kier molecular flexibility index (Phi) is 5.68. The molecular formula is C20H24N2O3. The van der Waals surface area contributed by atoms with Crippen LogP contribution in [-0.4, -0.2) is 62.5 Å². The van der Waals surface area contributed by atoms with Crippen molar-refractivity contribution in [2.75, 3.05) is 46.9 Å². The fourth-order valence-corrected chi connectivity index (χ4v) is 2.79. The molecule has 5 nitrogen and oxygen atoms in total. The van der Waals surface area contributed by atoms with E-state index in [-0.39, 0.29) is 5.78 Å². The molecule has 0 aromatic heterocycles. The van der Waals surface area contributed by atoms with Gasteiger partial charge in [-0.2, -0.15) is 0 Å². The first kappa shape index (κ1) is 17.5. The number of likely N-dealkylation sites (N-methyl/N-ethyl adjacent to an activating group) is 1. The summed E-state index contributed by atoms with van der Waals surface area (Å²) >= 11 is 0. The van der Waals surface area contributed by atoms with Gasteiger partial charge in [0.25, 0.3) is 0 Å². The predicted molar refractivity (Wildman–Crippen MR) is 97.8 cm³/mol. The van der Waals surface area contributed by atoms with Crippen LogP contribution in [0.3, 0.4) is 0 Å². The second-order valence-corrected chi connectivity index (χ2v) is 6.30. The zero-order valence-corrected chi connectivity index (χ0v) is 14.8. The molecule has 5 heteroatoms. The summed E-state index contributed by atoms with van der Waals surface area (Å²) in [7, 11) is 3.74. The van der Waals surface area contributed by atoms with Crippen molar-refractivity contribution in [3.63, 3.8) is 0 Å². The SMILES string of the molecule is COc1ccc(Oc2ccc(C(=O)CN3CCN(C)CC3)cc2)cc1. The van der Waals surface area contributed by atoms with Crippen LogP contribution in [0.1, 0.15) is 10.4 Å². The van der Waals surface area contributed by atoms with Crippen LogP contribution < -0.4 is 9.47 Å². The number of piperazine rings is 1. The number of hydrogen-bond donors (Lipinski definition) is 0. The lowest BCUT2D eigenvalue weighted by Crippen LogP contribution is -2.46. The maximum atomic E-state index is 12.4. The van der Waals surface area contributed by atoms with Gasteiger partial charge in [-0.3, -0.25) is 9.69 Å². The number of rotatable bonds is 6. The van der Waals surface area contributed by atoms with Crippen LogP contribution in [0.15, 0.2) is 48.5 Å². The molecule has 3 rings (SSSR count). The number of benzene rings is 2. The Balaban J connectivity index is 1.56. The van der Waals surface area contributed by atoms with E-state index in [1.165, 1.54) is 0 Å². The quantitative estimate of drug-likeness (QED) is 0.757. The van der Waals surface area contributed by atoms with Crippen LogP contribution in [-0.2, 0) is 0 Å². The first-order valence-electron chi connectivity index (χ1n) is 8.50.